The minimum atomic E-state index is -1.13. The molecule has 0 unspecified atom stereocenters. The Balaban J connectivity index is 2.09. The molecule has 0 spiro atoms. The summed E-state index contributed by atoms with van der Waals surface area (Å²) in [5.41, 5.74) is 0.842. The number of thiocarbonyl (C=S) groups is 1. The van der Waals surface area contributed by atoms with Crippen LogP contribution in [-0.2, 0) is 9.59 Å². The second-order valence-corrected chi connectivity index (χ2v) is 6.26. The maximum absolute atomic E-state index is 12.3. The van der Waals surface area contributed by atoms with Gasteiger partial charge in [0.15, 0.2) is 0 Å². The summed E-state index contributed by atoms with van der Waals surface area (Å²) in [6, 6.07) is 7.35. The number of rotatable bonds is 6. The Kier molecular flexibility index (Phi) is 5.57. The minimum Gasteiger partial charge on any atom is -0.550 e. The molecule has 0 saturated carbocycles. The van der Waals surface area contributed by atoms with E-state index in [0.29, 0.717) is 21.4 Å². The SMILES string of the molecule is COc1cccc(/C=C2/SC(=S)N(CCCC(=O)[O-])C2=O)c1. The molecule has 2 rings (SSSR count). The van der Waals surface area contributed by atoms with Gasteiger partial charge < -0.3 is 14.6 Å². The summed E-state index contributed by atoms with van der Waals surface area (Å²) in [6.45, 7) is 0.286. The van der Waals surface area contributed by atoms with Crippen LogP contribution in [0.5, 0.6) is 5.75 Å². The van der Waals surface area contributed by atoms with Gasteiger partial charge in [0, 0.05) is 12.5 Å². The number of amides is 1. The Bertz CT molecular complexity index is 642. The average molecular weight is 336 g/mol. The smallest absolute Gasteiger partial charge is 0.266 e. The molecule has 1 saturated heterocycles. The van der Waals surface area contributed by atoms with Crippen molar-refractivity contribution < 1.29 is 19.4 Å². The van der Waals surface area contributed by atoms with E-state index in [9.17, 15) is 14.7 Å². The maximum atomic E-state index is 12.3. The number of thioether (sulfide) groups is 1. The molecule has 0 aromatic heterocycles. The average Bonchev–Trinajstić information content (AvgIpc) is 2.74. The van der Waals surface area contributed by atoms with Gasteiger partial charge in [0.2, 0.25) is 0 Å². The molecule has 1 aromatic rings. The van der Waals surface area contributed by atoms with Crippen LogP contribution in [-0.4, -0.2) is 34.8 Å². The standard InChI is InChI=1S/C15H15NO4S2/c1-20-11-5-2-4-10(8-11)9-12-14(19)16(15(21)22-12)7-3-6-13(17)18/h2,4-5,8-9H,3,6-7H2,1H3,(H,17,18)/p-1/b12-9+. The van der Waals surface area contributed by atoms with E-state index in [2.05, 4.69) is 0 Å². The van der Waals surface area contributed by atoms with Crippen LogP contribution in [0, 0.1) is 0 Å². The number of carboxylic acid groups (broad SMARTS) is 1. The van der Waals surface area contributed by atoms with Gasteiger partial charge in [0.1, 0.15) is 10.1 Å². The Labute approximate surface area is 137 Å². The monoisotopic (exact) mass is 336 g/mol. The van der Waals surface area contributed by atoms with E-state index in [4.69, 9.17) is 17.0 Å². The molecule has 7 heteroatoms. The van der Waals surface area contributed by atoms with Gasteiger partial charge in [-0.05, 0) is 36.6 Å². The van der Waals surface area contributed by atoms with Crippen molar-refractivity contribution in [2.75, 3.05) is 13.7 Å². The lowest BCUT2D eigenvalue weighted by molar-refractivity contribution is -0.305. The van der Waals surface area contributed by atoms with Gasteiger partial charge in [-0.25, -0.2) is 0 Å². The van der Waals surface area contributed by atoms with Crippen molar-refractivity contribution in [2.45, 2.75) is 12.8 Å². The third-order valence-corrected chi connectivity index (χ3v) is 4.41. The van der Waals surface area contributed by atoms with Gasteiger partial charge in [-0.15, -0.1) is 0 Å². The summed E-state index contributed by atoms with van der Waals surface area (Å²) in [4.78, 5) is 24.7. The highest BCUT2D eigenvalue weighted by molar-refractivity contribution is 8.26. The number of carbonyl (C=O) groups excluding carboxylic acids is 2. The van der Waals surface area contributed by atoms with Crippen LogP contribution in [0.3, 0.4) is 0 Å². The predicted molar refractivity (Wildman–Crippen MR) is 87.1 cm³/mol. The number of hydrogen-bond donors (Lipinski definition) is 0. The first-order chi connectivity index (χ1) is 10.5. The van der Waals surface area contributed by atoms with Gasteiger partial charge in [-0.1, -0.05) is 36.1 Å². The van der Waals surface area contributed by atoms with Crippen LogP contribution in [0.2, 0.25) is 0 Å². The van der Waals surface area contributed by atoms with Crippen molar-refractivity contribution in [3.05, 3.63) is 34.7 Å². The minimum absolute atomic E-state index is 0.0913. The Morgan fingerprint density at radius 2 is 2.27 bits per heavy atom. The van der Waals surface area contributed by atoms with Crippen molar-refractivity contribution in [3.8, 4) is 5.75 Å². The highest BCUT2D eigenvalue weighted by atomic mass is 32.2. The lowest BCUT2D eigenvalue weighted by Gasteiger charge is -2.14. The summed E-state index contributed by atoms with van der Waals surface area (Å²) in [5, 5.41) is 10.4. The van der Waals surface area contributed by atoms with E-state index >= 15 is 0 Å². The lowest BCUT2D eigenvalue weighted by atomic mass is 10.2. The number of hydrogen-bond acceptors (Lipinski definition) is 6. The van der Waals surface area contributed by atoms with Crippen LogP contribution in [0.25, 0.3) is 6.08 Å². The molecule has 22 heavy (non-hydrogen) atoms. The summed E-state index contributed by atoms with van der Waals surface area (Å²) in [7, 11) is 1.58. The third kappa shape index (κ3) is 4.08. The second-order valence-electron chi connectivity index (χ2n) is 4.59. The largest absolute Gasteiger partial charge is 0.550 e. The molecule has 1 amide bonds. The number of aliphatic carboxylic acids is 1. The molecule has 116 valence electrons. The maximum Gasteiger partial charge on any atom is 0.266 e. The van der Waals surface area contributed by atoms with Crippen molar-refractivity contribution in [2.24, 2.45) is 0 Å². The molecule has 1 fully saturated rings. The lowest BCUT2D eigenvalue weighted by Crippen LogP contribution is -2.30. The van der Waals surface area contributed by atoms with Gasteiger partial charge >= 0.3 is 0 Å². The number of methoxy groups -OCH3 is 1. The quantitative estimate of drug-likeness (QED) is 0.578. The fraction of sp³-hybridized carbons (Fsp3) is 0.267. The molecule has 0 radical (unpaired) electrons. The Morgan fingerprint density at radius 1 is 1.50 bits per heavy atom. The molecule has 5 nitrogen and oxygen atoms in total. The molecule has 0 bridgehead atoms. The molecule has 0 atom stereocenters. The van der Waals surface area contributed by atoms with Crippen molar-refractivity contribution in [1.29, 1.82) is 0 Å². The first-order valence-electron chi connectivity index (χ1n) is 6.60. The van der Waals surface area contributed by atoms with E-state index in [1.807, 2.05) is 24.3 Å². The summed E-state index contributed by atoms with van der Waals surface area (Å²) in [5.74, 6) is -0.619. The van der Waals surface area contributed by atoms with E-state index in [-0.39, 0.29) is 18.9 Å². The van der Waals surface area contributed by atoms with Crippen molar-refractivity contribution in [3.63, 3.8) is 0 Å². The zero-order chi connectivity index (χ0) is 16.1. The summed E-state index contributed by atoms with van der Waals surface area (Å²) in [6.07, 6.45) is 1.98. The van der Waals surface area contributed by atoms with E-state index in [1.54, 1.807) is 13.2 Å². The third-order valence-electron chi connectivity index (χ3n) is 3.03. The van der Waals surface area contributed by atoms with Crippen LogP contribution in [0.15, 0.2) is 29.2 Å². The zero-order valence-corrected chi connectivity index (χ0v) is 13.5. The van der Waals surface area contributed by atoms with Gasteiger partial charge in [0.05, 0.1) is 12.0 Å². The molecule has 1 aliphatic heterocycles. The number of benzene rings is 1. The number of nitrogens with zero attached hydrogens (tertiary/aromatic N) is 1. The van der Waals surface area contributed by atoms with E-state index in [0.717, 1.165) is 5.56 Å². The van der Waals surface area contributed by atoms with Gasteiger partial charge in [-0.2, -0.15) is 0 Å². The number of carboxylic acids is 1. The topological polar surface area (TPSA) is 69.7 Å². The van der Waals surface area contributed by atoms with Crippen molar-refractivity contribution >= 4 is 46.3 Å². The zero-order valence-electron chi connectivity index (χ0n) is 11.9. The molecule has 0 aliphatic carbocycles. The van der Waals surface area contributed by atoms with Crippen LogP contribution in [0.1, 0.15) is 18.4 Å². The normalized spacial score (nSPS) is 16.4. The van der Waals surface area contributed by atoms with Crippen LogP contribution in [0.4, 0.5) is 0 Å². The van der Waals surface area contributed by atoms with Crippen LogP contribution >= 0.6 is 24.0 Å². The highest BCUT2D eigenvalue weighted by Crippen LogP contribution is 2.33. The second kappa shape index (κ2) is 7.42. The van der Waals surface area contributed by atoms with Crippen molar-refractivity contribution in [1.82, 2.24) is 4.90 Å². The van der Waals surface area contributed by atoms with Gasteiger partial charge in [-0.3, -0.25) is 9.69 Å². The molecule has 0 N–H and O–H groups in total. The first-order valence-corrected chi connectivity index (χ1v) is 7.83. The first kappa shape index (κ1) is 16.5. The number of ether oxygens (including phenoxy) is 1. The fourth-order valence-electron chi connectivity index (χ4n) is 1.96. The predicted octanol–water partition coefficient (Wildman–Crippen LogP) is 1.43. The van der Waals surface area contributed by atoms with Crippen LogP contribution < -0.4 is 9.84 Å². The number of carbonyl (C=O) groups is 2. The Hall–Kier alpha value is -1.86. The Morgan fingerprint density at radius 3 is 2.95 bits per heavy atom. The fourth-order valence-corrected chi connectivity index (χ4v) is 3.27. The van der Waals surface area contributed by atoms with Gasteiger partial charge in [0.25, 0.3) is 5.91 Å². The van der Waals surface area contributed by atoms with E-state index in [1.165, 1.54) is 16.7 Å². The molecule has 1 aliphatic rings. The van der Waals surface area contributed by atoms with E-state index < -0.39 is 5.97 Å². The molecule has 1 aromatic carbocycles. The highest BCUT2D eigenvalue weighted by Gasteiger charge is 2.31. The summed E-state index contributed by atoms with van der Waals surface area (Å²) < 4.78 is 5.59. The molecular formula is C15H14NO4S2-. The summed E-state index contributed by atoms with van der Waals surface area (Å²) >= 11 is 6.39. The molecule has 1 heterocycles. The molecular weight excluding hydrogens is 322 g/mol.